The molecule has 2 rings (SSSR count). The van der Waals surface area contributed by atoms with Crippen molar-refractivity contribution in [3.8, 4) is 0 Å². The summed E-state index contributed by atoms with van der Waals surface area (Å²) in [4.78, 5) is 11.4. The molecule has 4 atom stereocenters. The Bertz CT molecular complexity index is 290. The summed E-state index contributed by atoms with van der Waals surface area (Å²) in [6.07, 6.45) is 4.62. The molecule has 1 saturated carbocycles. The summed E-state index contributed by atoms with van der Waals surface area (Å²) in [5, 5.41) is 0.191. The fraction of sp³-hybridized carbons (Fsp3) is 0.917. The van der Waals surface area contributed by atoms with Gasteiger partial charge in [0, 0.05) is 35.5 Å². The van der Waals surface area contributed by atoms with E-state index in [2.05, 4.69) is 0 Å². The molecule has 3 nitrogen and oxygen atoms in total. The summed E-state index contributed by atoms with van der Waals surface area (Å²) < 4.78 is 17.5. The lowest BCUT2D eigenvalue weighted by molar-refractivity contribution is -0.120. The van der Waals surface area contributed by atoms with E-state index in [9.17, 15) is 9.00 Å². The van der Waals surface area contributed by atoms with Crippen molar-refractivity contribution in [2.45, 2.75) is 50.4 Å². The van der Waals surface area contributed by atoms with Crippen molar-refractivity contribution >= 4 is 16.6 Å². The van der Waals surface area contributed by atoms with Crippen molar-refractivity contribution in [3.05, 3.63) is 0 Å². The molecule has 0 N–H and O–H groups in total. The second-order valence-corrected chi connectivity index (χ2v) is 6.61. The maximum absolute atomic E-state index is 12.0. The minimum atomic E-state index is -0.814. The van der Waals surface area contributed by atoms with Gasteiger partial charge in [-0.05, 0) is 32.6 Å². The van der Waals surface area contributed by atoms with Crippen LogP contribution in [0.3, 0.4) is 0 Å². The van der Waals surface area contributed by atoms with Crippen LogP contribution in [-0.2, 0) is 20.3 Å². The second-order valence-electron chi connectivity index (χ2n) is 4.83. The van der Waals surface area contributed by atoms with Crippen molar-refractivity contribution in [2.75, 3.05) is 12.4 Å². The van der Waals surface area contributed by atoms with E-state index in [0.717, 1.165) is 38.7 Å². The molecule has 1 heterocycles. The Hall–Kier alpha value is -0.220. The molecule has 0 aromatic rings. The zero-order chi connectivity index (χ0) is 11.5. The van der Waals surface area contributed by atoms with Gasteiger partial charge in [0.15, 0.2) is 0 Å². The number of hydrogen-bond acceptors (Lipinski definition) is 3. The van der Waals surface area contributed by atoms with Crippen LogP contribution in [0.5, 0.6) is 0 Å². The van der Waals surface area contributed by atoms with Crippen LogP contribution in [-0.4, -0.2) is 33.7 Å². The Morgan fingerprint density at radius 1 is 1.44 bits per heavy atom. The van der Waals surface area contributed by atoms with Gasteiger partial charge < -0.3 is 4.74 Å². The van der Waals surface area contributed by atoms with Gasteiger partial charge in [-0.2, -0.15) is 0 Å². The van der Waals surface area contributed by atoms with Gasteiger partial charge >= 0.3 is 0 Å². The molecular weight excluding hydrogens is 224 g/mol. The normalized spacial score (nSPS) is 36.8. The highest BCUT2D eigenvalue weighted by Crippen LogP contribution is 2.26. The van der Waals surface area contributed by atoms with Crippen molar-refractivity contribution in [3.63, 3.8) is 0 Å². The largest absolute Gasteiger partial charge is 0.377 e. The van der Waals surface area contributed by atoms with Gasteiger partial charge in [-0.3, -0.25) is 9.00 Å². The first-order chi connectivity index (χ1) is 7.68. The lowest BCUT2D eigenvalue weighted by Crippen LogP contribution is -2.26. The monoisotopic (exact) mass is 244 g/mol. The number of ketones is 1. The predicted octanol–water partition coefficient (Wildman–Crippen LogP) is 1.67. The van der Waals surface area contributed by atoms with Crippen LogP contribution in [0.1, 0.15) is 39.0 Å². The van der Waals surface area contributed by atoms with Gasteiger partial charge in [0.25, 0.3) is 0 Å². The minimum Gasteiger partial charge on any atom is -0.377 e. The molecule has 92 valence electrons. The van der Waals surface area contributed by atoms with E-state index in [4.69, 9.17) is 4.74 Å². The predicted molar refractivity (Wildman–Crippen MR) is 63.8 cm³/mol. The molecule has 1 saturated heterocycles. The smallest absolute Gasteiger partial charge is 0.136 e. The molecule has 4 unspecified atom stereocenters. The lowest BCUT2D eigenvalue weighted by Gasteiger charge is -2.14. The summed E-state index contributed by atoms with van der Waals surface area (Å²) >= 11 is 0. The number of carbonyl (C=O) groups excluding carboxylic acids is 1. The molecule has 1 aliphatic heterocycles. The third kappa shape index (κ3) is 2.72. The van der Waals surface area contributed by atoms with E-state index in [1.165, 1.54) is 0 Å². The molecule has 0 bridgehead atoms. The van der Waals surface area contributed by atoms with Crippen molar-refractivity contribution in [1.29, 1.82) is 0 Å². The molecule has 0 aromatic carbocycles. The van der Waals surface area contributed by atoms with Crippen LogP contribution in [0.2, 0.25) is 0 Å². The summed E-state index contributed by atoms with van der Waals surface area (Å²) in [7, 11) is -0.814. The van der Waals surface area contributed by atoms with Crippen LogP contribution < -0.4 is 0 Å². The standard InChI is InChI=1S/C12H20O3S/c1-9-12(5-7-15-9)16(14)8-6-10-3-2-4-11(10)13/h9-10,12H,2-8H2,1H3. The number of hydrogen-bond donors (Lipinski definition) is 0. The first-order valence-corrected chi connectivity index (χ1v) is 7.58. The fourth-order valence-corrected chi connectivity index (χ4v) is 4.34. The molecule has 1 aliphatic carbocycles. The molecule has 0 radical (unpaired) electrons. The summed E-state index contributed by atoms with van der Waals surface area (Å²) in [5.74, 6) is 1.25. The van der Waals surface area contributed by atoms with Gasteiger partial charge in [-0.25, -0.2) is 0 Å². The average Bonchev–Trinajstić information content (AvgIpc) is 2.84. The van der Waals surface area contributed by atoms with Crippen molar-refractivity contribution in [2.24, 2.45) is 5.92 Å². The van der Waals surface area contributed by atoms with E-state index in [-0.39, 0.29) is 17.3 Å². The van der Waals surface area contributed by atoms with Gasteiger partial charge in [0.2, 0.25) is 0 Å². The molecule has 2 fully saturated rings. The molecule has 16 heavy (non-hydrogen) atoms. The van der Waals surface area contributed by atoms with Gasteiger partial charge in [-0.15, -0.1) is 0 Å². The van der Waals surface area contributed by atoms with E-state index in [1.54, 1.807) is 0 Å². The lowest BCUT2D eigenvalue weighted by atomic mass is 10.1. The number of Topliss-reactive ketones (excluding diaryl/α,β-unsaturated/α-hetero) is 1. The molecule has 0 amide bonds. The maximum Gasteiger partial charge on any atom is 0.136 e. The highest BCUT2D eigenvalue weighted by atomic mass is 32.2. The third-order valence-electron chi connectivity index (χ3n) is 3.74. The van der Waals surface area contributed by atoms with E-state index in [0.29, 0.717) is 11.5 Å². The number of rotatable bonds is 4. The minimum absolute atomic E-state index is 0.125. The topological polar surface area (TPSA) is 43.4 Å². The van der Waals surface area contributed by atoms with E-state index >= 15 is 0 Å². The Balaban J connectivity index is 1.77. The quantitative estimate of drug-likeness (QED) is 0.755. The SMILES string of the molecule is CC1OCCC1S(=O)CCC1CCCC1=O. The van der Waals surface area contributed by atoms with E-state index < -0.39 is 10.8 Å². The number of ether oxygens (including phenoxy) is 1. The Morgan fingerprint density at radius 2 is 2.25 bits per heavy atom. The first kappa shape index (κ1) is 12.2. The summed E-state index contributed by atoms with van der Waals surface area (Å²) in [5.41, 5.74) is 0. The Morgan fingerprint density at radius 3 is 2.81 bits per heavy atom. The zero-order valence-corrected chi connectivity index (χ0v) is 10.6. The van der Waals surface area contributed by atoms with Crippen LogP contribution in [0.25, 0.3) is 0 Å². The maximum atomic E-state index is 12.0. The highest BCUT2D eigenvalue weighted by molar-refractivity contribution is 7.85. The summed E-state index contributed by atoms with van der Waals surface area (Å²) in [6, 6.07) is 0. The first-order valence-electron chi connectivity index (χ1n) is 6.20. The molecular formula is C12H20O3S. The van der Waals surface area contributed by atoms with Crippen LogP contribution >= 0.6 is 0 Å². The van der Waals surface area contributed by atoms with Gasteiger partial charge in [0.05, 0.1) is 11.4 Å². The van der Waals surface area contributed by atoms with Crippen molar-refractivity contribution < 1.29 is 13.7 Å². The zero-order valence-electron chi connectivity index (χ0n) is 9.81. The summed E-state index contributed by atoms with van der Waals surface area (Å²) in [6.45, 7) is 2.73. The molecule has 2 aliphatic rings. The molecule has 0 aromatic heterocycles. The van der Waals surface area contributed by atoms with Crippen LogP contribution in [0.15, 0.2) is 0 Å². The fourth-order valence-electron chi connectivity index (χ4n) is 2.66. The van der Waals surface area contributed by atoms with Gasteiger partial charge in [-0.1, -0.05) is 0 Å². The van der Waals surface area contributed by atoms with Gasteiger partial charge in [0.1, 0.15) is 5.78 Å². The molecule has 0 spiro atoms. The second kappa shape index (κ2) is 5.41. The average molecular weight is 244 g/mol. The highest BCUT2D eigenvalue weighted by Gasteiger charge is 2.31. The van der Waals surface area contributed by atoms with Crippen LogP contribution in [0.4, 0.5) is 0 Å². The van der Waals surface area contributed by atoms with E-state index in [1.807, 2.05) is 6.92 Å². The Labute approximate surface area is 99.4 Å². The van der Waals surface area contributed by atoms with Crippen molar-refractivity contribution in [1.82, 2.24) is 0 Å². The van der Waals surface area contributed by atoms with Crippen LogP contribution in [0, 0.1) is 5.92 Å². The third-order valence-corrected chi connectivity index (χ3v) is 5.68. The number of carbonyl (C=O) groups is 1. The Kier molecular flexibility index (Phi) is 4.14. The molecule has 4 heteroatoms.